The van der Waals surface area contributed by atoms with Gasteiger partial charge in [-0.05, 0) is 49.7 Å². The maximum Gasteiger partial charge on any atom is 0.0453 e. The zero-order chi connectivity index (χ0) is 14.5. The summed E-state index contributed by atoms with van der Waals surface area (Å²) in [6.07, 6.45) is 6.79. The van der Waals surface area contributed by atoms with Crippen LogP contribution < -0.4 is 5.32 Å². The van der Waals surface area contributed by atoms with Gasteiger partial charge < -0.3 is 5.32 Å². The Morgan fingerprint density at radius 1 is 1.20 bits per heavy atom. The molecule has 0 radical (unpaired) electrons. The first kappa shape index (κ1) is 15.9. The van der Waals surface area contributed by atoms with Crippen molar-refractivity contribution in [3.63, 3.8) is 0 Å². The molecule has 20 heavy (non-hydrogen) atoms. The van der Waals surface area contributed by atoms with Gasteiger partial charge in [-0.1, -0.05) is 56.5 Å². The van der Waals surface area contributed by atoms with Crippen molar-refractivity contribution in [3.05, 3.63) is 34.9 Å². The van der Waals surface area contributed by atoms with Crippen molar-refractivity contribution in [1.29, 1.82) is 0 Å². The van der Waals surface area contributed by atoms with Crippen LogP contribution in [0.1, 0.15) is 64.5 Å². The van der Waals surface area contributed by atoms with Gasteiger partial charge in [-0.25, -0.2) is 0 Å². The fourth-order valence-electron chi connectivity index (χ4n) is 3.59. The Bertz CT molecular complexity index is 416. The molecule has 1 aliphatic rings. The van der Waals surface area contributed by atoms with Gasteiger partial charge in [0.15, 0.2) is 0 Å². The summed E-state index contributed by atoms with van der Waals surface area (Å²) < 4.78 is 0. The molecule has 0 bridgehead atoms. The highest BCUT2D eigenvalue weighted by Gasteiger charge is 2.24. The predicted octanol–water partition coefficient (Wildman–Crippen LogP) is 5.60. The predicted molar refractivity (Wildman–Crippen MR) is 88.2 cm³/mol. The van der Waals surface area contributed by atoms with Gasteiger partial charge >= 0.3 is 0 Å². The van der Waals surface area contributed by atoms with E-state index in [-0.39, 0.29) is 0 Å². The van der Waals surface area contributed by atoms with E-state index >= 15 is 0 Å². The number of halogens is 1. The van der Waals surface area contributed by atoms with Gasteiger partial charge in [-0.3, -0.25) is 0 Å². The summed E-state index contributed by atoms with van der Waals surface area (Å²) >= 11 is 6.29. The largest absolute Gasteiger partial charge is 0.307 e. The number of rotatable bonds is 5. The fraction of sp³-hybridized carbons (Fsp3) is 0.667. The number of nitrogens with one attached hydrogen (secondary N) is 1. The first-order valence-electron chi connectivity index (χ1n) is 8.06. The lowest BCUT2D eigenvalue weighted by Crippen LogP contribution is -2.36. The third-order valence-corrected chi connectivity index (χ3v) is 4.79. The number of benzene rings is 1. The second-order valence-electron chi connectivity index (χ2n) is 6.77. The van der Waals surface area contributed by atoms with Crippen LogP contribution in [-0.4, -0.2) is 6.04 Å². The molecule has 112 valence electrons. The van der Waals surface area contributed by atoms with E-state index in [9.17, 15) is 0 Å². The summed E-state index contributed by atoms with van der Waals surface area (Å²) in [6, 6.07) is 9.18. The van der Waals surface area contributed by atoms with Gasteiger partial charge in [0, 0.05) is 17.1 Å². The SMILES string of the molecule is CC(C)CC1CCCC(NC(C)c2ccccc2Cl)C1. The van der Waals surface area contributed by atoms with E-state index in [4.69, 9.17) is 11.6 Å². The van der Waals surface area contributed by atoms with Crippen molar-refractivity contribution >= 4 is 11.6 Å². The van der Waals surface area contributed by atoms with Crippen molar-refractivity contribution in [2.24, 2.45) is 11.8 Å². The zero-order valence-electron chi connectivity index (χ0n) is 13.0. The highest BCUT2D eigenvalue weighted by molar-refractivity contribution is 6.31. The lowest BCUT2D eigenvalue weighted by Gasteiger charge is -2.33. The van der Waals surface area contributed by atoms with Crippen LogP contribution in [0.15, 0.2) is 24.3 Å². The smallest absolute Gasteiger partial charge is 0.0453 e. The summed E-state index contributed by atoms with van der Waals surface area (Å²) in [5, 5.41) is 4.67. The Morgan fingerprint density at radius 2 is 1.95 bits per heavy atom. The average molecular weight is 294 g/mol. The van der Waals surface area contributed by atoms with E-state index in [0.29, 0.717) is 12.1 Å². The molecular formula is C18H28ClN. The van der Waals surface area contributed by atoms with Gasteiger partial charge in [-0.15, -0.1) is 0 Å². The van der Waals surface area contributed by atoms with Crippen molar-refractivity contribution < 1.29 is 0 Å². The quantitative estimate of drug-likeness (QED) is 0.745. The molecule has 3 unspecified atom stereocenters. The highest BCUT2D eigenvalue weighted by Crippen LogP contribution is 2.31. The first-order chi connectivity index (χ1) is 9.56. The lowest BCUT2D eigenvalue weighted by atomic mass is 9.81. The maximum atomic E-state index is 6.29. The van der Waals surface area contributed by atoms with E-state index < -0.39 is 0 Å². The molecule has 0 amide bonds. The molecule has 0 spiro atoms. The monoisotopic (exact) mass is 293 g/mol. The maximum absolute atomic E-state index is 6.29. The molecule has 1 aromatic carbocycles. The molecule has 1 aliphatic carbocycles. The Hall–Kier alpha value is -0.530. The molecule has 0 saturated heterocycles. The minimum atomic E-state index is 0.339. The van der Waals surface area contributed by atoms with Gasteiger partial charge in [0.2, 0.25) is 0 Å². The van der Waals surface area contributed by atoms with Gasteiger partial charge in [0.25, 0.3) is 0 Å². The fourth-order valence-corrected chi connectivity index (χ4v) is 3.89. The number of hydrogen-bond acceptors (Lipinski definition) is 1. The molecule has 0 heterocycles. The molecule has 1 N–H and O–H groups in total. The standard InChI is InChI=1S/C18H28ClN/c1-13(2)11-15-7-6-8-16(12-15)20-14(3)17-9-4-5-10-18(17)19/h4-5,9-10,13-16,20H,6-8,11-12H2,1-3H3. The van der Waals surface area contributed by atoms with Crippen LogP contribution in [-0.2, 0) is 0 Å². The Balaban J connectivity index is 1.91. The topological polar surface area (TPSA) is 12.0 Å². The van der Waals surface area contributed by atoms with E-state index in [0.717, 1.165) is 16.9 Å². The van der Waals surface area contributed by atoms with Gasteiger partial charge in [0.05, 0.1) is 0 Å². The molecule has 3 atom stereocenters. The van der Waals surface area contributed by atoms with Crippen LogP contribution in [0.3, 0.4) is 0 Å². The minimum absolute atomic E-state index is 0.339. The summed E-state index contributed by atoms with van der Waals surface area (Å²) in [4.78, 5) is 0. The summed E-state index contributed by atoms with van der Waals surface area (Å²) in [7, 11) is 0. The third kappa shape index (κ3) is 4.49. The summed E-state index contributed by atoms with van der Waals surface area (Å²) in [5.41, 5.74) is 1.22. The Morgan fingerprint density at radius 3 is 2.65 bits per heavy atom. The van der Waals surface area contributed by atoms with Crippen molar-refractivity contribution in [2.75, 3.05) is 0 Å². The molecule has 1 aromatic rings. The molecule has 1 nitrogen and oxygen atoms in total. The molecular weight excluding hydrogens is 266 g/mol. The van der Waals surface area contributed by atoms with Crippen LogP contribution in [0, 0.1) is 11.8 Å². The molecule has 2 rings (SSSR count). The van der Waals surface area contributed by atoms with Crippen LogP contribution in [0.2, 0.25) is 5.02 Å². The molecule has 0 aromatic heterocycles. The van der Waals surface area contributed by atoms with E-state index in [2.05, 4.69) is 38.2 Å². The Kier molecular flexibility index (Phi) is 5.92. The van der Waals surface area contributed by atoms with Gasteiger partial charge in [0.1, 0.15) is 0 Å². The highest BCUT2D eigenvalue weighted by atomic mass is 35.5. The number of hydrogen-bond donors (Lipinski definition) is 1. The van der Waals surface area contributed by atoms with Crippen LogP contribution in [0.25, 0.3) is 0 Å². The average Bonchev–Trinajstić information content (AvgIpc) is 2.38. The normalized spacial score (nSPS) is 24.9. The minimum Gasteiger partial charge on any atom is -0.307 e. The lowest BCUT2D eigenvalue weighted by molar-refractivity contribution is 0.242. The second kappa shape index (κ2) is 7.47. The summed E-state index contributed by atoms with van der Waals surface area (Å²) in [5.74, 6) is 1.72. The molecule has 1 saturated carbocycles. The van der Waals surface area contributed by atoms with Gasteiger partial charge in [-0.2, -0.15) is 0 Å². The molecule has 0 aliphatic heterocycles. The van der Waals surface area contributed by atoms with Crippen molar-refractivity contribution in [2.45, 2.75) is 65.0 Å². The molecule has 1 fully saturated rings. The third-order valence-electron chi connectivity index (χ3n) is 4.44. The van der Waals surface area contributed by atoms with E-state index in [1.165, 1.54) is 37.7 Å². The van der Waals surface area contributed by atoms with E-state index in [1.807, 2.05) is 12.1 Å². The van der Waals surface area contributed by atoms with Crippen LogP contribution in [0.4, 0.5) is 0 Å². The van der Waals surface area contributed by atoms with Crippen molar-refractivity contribution in [1.82, 2.24) is 5.32 Å². The van der Waals surface area contributed by atoms with Crippen molar-refractivity contribution in [3.8, 4) is 0 Å². The first-order valence-corrected chi connectivity index (χ1v) is 8.44. The van der Waals surface area contributed by atoms with Crippen LogP contribution >= 0.6 is 11.6 Å². The summed E-state index contributed by atoms with van der Waals surface area (Å²) in [6.45, 7) is 6.90. The van der Waals surface area contributed by atoms with Crippen LogP contribution in [0.5, 0.6) is 0 Å². The zero-order valence-corrected chi connectivity index (χ0v) is 13.8. The Labute approximate surface area is 129 Å². The second-order valence-corrected chi connectivity index (χ2v) is 7.18. The van der Waals surface area contributed by atoms with E-state index in [1.54, 1.807) is 0 Å². The molecule has 2 heteroatoms.